The van der Waals surface area contributed by atoms with E-state index in [0.717, 1.165) is 5.56 Å². The predicted molar refractivity (Wildman–Crippen MR) is 79.9 cm³/mol. The van der Waals surface area contributed by atoms with Gasteiger partial charge in [0, 0.05) is 19.5 Å². The molecule has 1 aromatic carbocycles. The molecule has 6 heteroatoms. The highest BCUT2D eigenvalue weighted by Gasteiger charge is 2.24. The molecule has 2 heterocycles. The Bertz CT molecular complexity index is 717. The van der Waals surface area contributed by atoms with Crippen molar-refractivity contribution in [3.05, 3.63) is 57.6 Å². The molecule has 0 saturated heterocycles. The molecular weight excluding hydrogens is 284 g/mol. The summed E-state index contributed by atoms with van der Waals surface area (Å²) in [5.41, 5.74) is 1.58. The highest BCUT2D eigenvalue weighted by molar-refractivity contribution is 5.67. The van der Waals surface area contributed by atoms with Crippen molar-refractivity contribution in [2.45, 2.75) is 19.4 Å². The van der Waals surface area contributed by atoms with Crippen LogP contribution in [0.15, 0.2) is 39.6 Å². The van der Waals surface area contributed by atoms with E-state index in [1.807, 2.05) is 30.3 Å². The van der Waals surface area contributed by atoms with Gasteiger partial charge in [-0.25, -0.2) is 4.79 Å². The van der Waals surface area contributed by atoms with Crippen LogP contribution < -0.4 is 5.56 Å². The van der Waals surface area contributed by atoms with Crippen molar-refractivity contribution in [3.8, 4) is 0 Å². The lowest BCUT2D eigenvalue weighted by Gasteiger charge is -2.17. The number of fused-ring (bicyclic) bond motifs is 1. The zero-order valence-corrected chi connectivity index (χ0v) is 12.4. The molecule has 2 aromatic rings. The van der Waals surface area contributed by atoms with Crippen LogP contribution in [-0.4, -0.2) is 35.9 Å². The topological polar surface area (TPSA) is 64.7 Å². The summed E-state index contributed by atoms with van der Waals surface area (Å²) < 4.78 is 11.8. The van der Waals surface area contributed by atoms with Crippen LogP contribution in [0.2, 0.25) is 0 Å². The molecule has 0 aliphatic carbocycles. The number of carbonyl (C=O) groups excluding carboxylic acids is 1. The number of rotatable bonds is 2. The average Bonchev–Trinajstić information content (AvgIpc) is 2.73. The van der Waals surface area contributed by atoms with Gasteiger partial charge in [-0.05, 0) is 12.0 Å². The second-order valence-corrected chi connectivity index (χ2v) is 5.28. The van der Waals surface area contributed by atoms with Gasteiger partial charge in [-0.3, -0.25) is 4.79 Å². The summed E-state index contributed by atoms with van der Waals surface area (Å²) in [4.78, 5) is 25.6. The third-order valence-corrected chi connectivity index (χ3v) is 3.88. The minimum atomic E-state index is -0.366. The van der Waals surface area contributed by atoms with Gasteiger partial charge >= 0.3 is 6.09 Å². The maximum atomic E-state index is 12.5. The molecule has 0 unspecified atom stereocenters. The van der Waals surface area contributed by atoms with E-state index in [1.165, 1.54) is 11.8 Å². The Kier molecular flexibility index (Phi) is 4.00. The highest BCUT2D eigenvalue weighted by atomic mass is 16.5. The summed E-state index contributed by atoms with van der Waals surface area (Å²) in [6.45, 7) is 1.39. The summed E-state index contributed by atoms with van der Waals surface area (Å²) in [6, 6.07) is 9.72. The van der Waals surface area contributed by atoms with Crippen molar-refractivity contribution in [2.75, 3.05) is 20.2 Å². The van der Waals surface area contributed by atoms with Crippen LogP contribution in [0.4, 0.5) is 4.79 Å². The number of carbonyl (C=O) groups is 1. The monoisotopic (exact) mass is 302 g/mol. The standard InChI is InChI=1S/C16H18N2O4/c1-21-16(20)17-9-7-13-14(8-10-17)22-18(15(13)19)11-12-5-3-2-4-6-12/h2-6H,7-11H2,1H3. The van der Waals surface area contributed by atoms with Gasteiger partial charge < -0.3 is 14.2 Å². The van der Waals surface area contributed by atoms with E-state index in [4.69, 9.17) is 9.26 Å². The van der Waals surface area contributed by atoms with E-state index in [9.17, 15) is 9.59 Å². The van der Waals surface area contributed by atoms with E-state index in [-0.39, 0.29) is 11.7 Å². The molecule has 3 rings (SSSR count). The van der Waals surface area contributed by atoms with Gasteiger partial charge in [0.2, 0.25) is 0 Å². The van der Waals surface area contributed by atoms with Crippen molar-refractivity contribution in [1.82, 2.24) is 9.64 Å². The predicted octanol–water partition coefficient (Wildman–Crippen LogP) is 1.66. The highest BCUT2D eigenvalue weighted by Crippen LogP contribution is 2.15. The average molecular weight is 302 g/mol. The van der Waals surface area contributed by atoms with Crippen LogP contribution in [0.1, 0.15) is 16.9 Å². The third-order valence-electron chi connectivity index (χ3n) is 3.88. The lowest BCUT2D eigenvalue weighted by atomic mass is 10.2. The van der Waals surface area contributed by atoms with E-state index in [1.54, 1.807) is 4.90 Å². The number of amides is 1. The zero-order chi connectivity index (χ0) is 15.5. The molecule has 0 fully saturated rings. The first-order valence-corrected chi connectivity index (χ1v) is 7.27. The van der Waals surface area contributed by atoms with Gasteiger partial charge in [0.25, 0.3) is 5.56 Å². The summed E-state index contributed by atoms with van der Waals surface area (Å²) in [5.74, 6) is 0.673. The molecule has 1 aliphatic rings. The minimum Gasteiger partial charge on any atom is -0.453 e. The zero-order valence-electron chi connectivity index (χ0n) is 12.4. The number of hydrogen-bond donors (Lipinski definition) is 0. The number of benzene rings is 1. The second kappa shape index (κ2) is 6.09. The smallest absolute Gasteiger partial charge is 0.409 e. The molecule has 0 spiro atoms. The van der Waals surface area contributed by atoms with Crippen LogP contribution in [0.25, 0.3) is 0 Å². The molecule has 0 N–H and O–H groups in total. The summed E-state index contributed by atoms with van der Waals surface area (Å²) >= 11 is 0. The van der Waals surface area contributed by atoms with Crippen LogP contribution in [0.3, 0.4) is 0 Å². The van der Waals surface area contributed by atoms with Gasteiger partial charge in [0.15, 0.2) is 0 Å². The SMILES string of the molecule is COC(=O)N1CCc2on(Cc3ccccc3)c(=O)c2CC1. The Balaban J connectivity index is 1.80. The van der Waals surface area contributed by atoms with Gasteiger partial charge in [-0.1, -0.05) is 30.3 Å². The fourth-order valence-electron chi connectivity index (χ4n) is 2.70. The van der Waals surface area contributed by atoms with Crippen molar-refractivity contribution in [1.29, 1.82) is 0 Å². The molecule has 1 amide bonds. The van der Waals surface area contributed by atoms with Gasteiger partial charge in [-0.2, -0.15) is 4.74 Å². The third kappa shape index (κ3) is 2.77. The molecule has 0 radical (unpaired) electrons. The lowest BCUT2D eigenvalue weighted by Crippen LogP contribution is -2.33. The first-order chi connectivity index (χ1) is 10.7. The van der Waals surface area contributed by atoms with Crippen LogP contribution in [0, 0.1) is 0 Å². The molecule has 1 aliphatic heterocycles. The van der Waals surface area contributed by atoms with Gasteiger partial charge in [0.05, 0.1) is 19.2 Å². The number of nitrogens with zero attached hydrogens (tertiary/aromatic N) is 2. The normalized spacial score (nSPS) is 14.3. The van der Waals surface area contributed by atoms with Crippen molar-refractivity contribution >= 4 is 6.09 Å². The maximum absolute atomic E-state index is 12.5. The minimum absolute atomic E-state index is 0.106. The van der Waals surface area contributed by atoms with E-state index >= 15 is 0 Å². The Morgan fingerprint density at radius 3 is 2.68 bits per heavy atom. The molecule has 1 aromatic heterocycles. The molecule has 6 nitrogen and oxygen atoms in total. The van der Waals surface area contributed by atoms with E-state index in [0.29, 0.717) is 43.8 Å². The fourth-order valence-corrected chi connectivity index (χ4v) is 2.70. The first-order valence-electron chi connectivity index (χ1n) is 7.27. The Morgan fingerprint density at radius 1 is 1.23 bits per heavy atom. The van der Waals surface area contributed by atoms with E-state index < -0.39 is 0 Å². The number of ether oxygens (including phenoxy) is 1. The summed E-state index contributed by atoms with van der Waals surface area (Å²) in [5, 5.41) is 0. The summed E-state index contributed by atoms with van der Waals surface area (Å²) in [6.07, 6.45) is 0.658. The lowest BCUT2D eigenvalue weighted by molar-refractivity contribution is 0.124. The largest absolute Gasteiger partial charge is 0.453 e. The number of hydrogen-bond acceptors (Lipinski definition) is 4. The number of aromatic nitrogens is 1. The van der Waals surface area contributed by atoms with E-state index in [2.05, 4.69) is 0 Å². The first kappa shape index (κ1) is 14.4. The van der Waals surface area contributed by atoms with Crippen LogP contribution in [-0.2, 0) is 24.1 Å². The van der Waals surface area contributed by atoms with Crippen LogP contribution in [0.5, 0.6) is 0 Å². The Hall–Kier alpha value is -2.50. The molecular formula is C16H18N2O4. The Labute approximate surface area is 127 Å². The molecule has 0 bridgehead atoms. The van der Waals surface area contributed by atoms with Crippen molar-refractivity contribution in [3.63, 3.8) is 0 Å². The van der Waals surface area contributed by atoms with Gasteiger partial charge in [0.1, 0.15) is 5.76 Å². The molecule has 0 atom stereocenters. The van der Waals surface area contributed by atoms with Crippen molar-refractivity contribution in [2.24, 2.45) is 0 Å². The maximum Gasteiger partial charge on any atom is 0.409 e. The van der Waals surface area contributed by atoms with Crippen LogP contribution >= 0.6 is 0 Å². The summed E-state index contributed by atoms with van der Waals surface area (Å²) in [7, 11) is 1.36. The quantitative estimate of drug-likeness (QED) is 0.846. The fraction of sp³-hybridized carbons (Fsp3) is 0.375. The molecule has 22 heavy (non-hydrogen) atoms. The Morgan fingerprint density at radius 2 is 1.95 bits per heavy atom. The van der Waals surface area contributed by atoms with Gasteiger partial charge in [-0.15, -0.1) is 0 Å². The molecule has 0 saturated carbocycles. The number of methoxy groups -OCH3 is 1. The molecule has 116 valence electrons. The second-order valence-electron chi connectivity index (χ2n) is 5.28. The van der Waals surface area contributed by atoms with Crippen molar-refractivity contribution < 1.29 is 14.1 Å².